The second-order valence-electron chi connectivity index (χ2n) is 6.73. The fourth-order valence-corrected chi connectivity index (χ4v) is 4.87. The van der Waals surface area contributed by atoms with Crippen LogP contribution in [0.3, 0.4) is 0 Å². The molecule has 0 unspecified atom stereocenters. The lowest BCUT2D eigenvalue weighted by atomic mass is 10.1. The monoisotopic (exact) mass is 417 g/mol. The van der Waals surface area contributed by atoms with Crippen molar-refractivity contribution in [3.05, 3.63) is 48.0 Å². The highest BCUT2D eigenvalue weighted by Crippen LogP contribution is 2.31. The van der Waals surface area contributed by atoms with Gasteiger partial charge < -0.3 is 15.4 Å². The highest BCUT2D eigenvalue weighted by Gasteiger charge is 2.30. The first kappa shape index (κ1) is 21.1. The lowest BCUT2D eigenvalue weighted by Crippen LogP contribution is -2.32. The number of hydrogen-bond acceptors (Lipinski definition) is 5. The SMILES string of the molecule is CCNc1ccc(S(=O)(=O)N(CC)CC)cc1NC(=O)[C@@H]1Cc2ccccc2O1. The van der Waals surface area contributed by atoms with Crippen molar-refractivity contribution in [1.29, 1.82) is 0 Å². The first-order chi connectivity index (χ1) is 13.9. The molecule has 0 aromatic heterocycles. The molecular weight excluding hydrogens is 390 g/mol. The number of para-hydroxylation sites is 1. The molecule has 0 radical (unpaired) electrons. The zero-order chi connectivity index (χ0) is 21.0. The van der Waals surface area contributed by atoms with Crippen molar-refractivity contribution in [1.82, 2.24) is 4.31 Å². The Morgan fingerprint density at radius 2 is 1.83 bits per heavy atom. The molecule has 2 aromatic rings. The summed E-state index contributed by atoms with van der Waals surface area (Å²) in [5.41, 5.74) is 2.07. The lowest BCUT2D eigenvalue weighted by molar-refractivity contribution is -0.122. The zero-order valence-corrected chi connectivity index (χ0v) is 17.8. The largest absolute Gasteiger partial charge is 0.480 e. The maximum Gasteiger partial charge on any atom is 0.265 e. The predicted octanol–water partition coefficient (Wildman–Crippen LogP) is 3.09. The van der Waals surface area contributed by atoms with E-state index >= 15 is 0 Å². The van der Waals surface area contributed by atoms with Gasteiger partial charge >= 0.3 is 0 Å². The minimum absolute atomic E-state index is 0.147. The first-order valence-corrected chi connectivity index (χ1v) is 11.3. The van der Waals surface area contributed by atoms with Gasteiger partial charge in [0.2, 0.25) is 10.0 Å². The summed E-state index contributed by atoms with van der Waals surface area (Å²) in [4.78, 5) is 13.0. The molecule has 8 heteroatoms. The van der Waals surface area contributed by atoms with Crippen LogP contribution in [-0.2, 0) is 21.2 Å². The van der Waals surface area contributed by atoms with Crippen molar-refractivity contribution in [2.24, 2.45) is 0 Å². The molecule has 0 spiro atoms. The van der Waals surface area contributed by atoms with Crippen molar-refractivity contribution in [2.75, 3.05) is 30.3 Å². The lowest BCUT2D eigenvalue weighted by Gasteiger charge is -2.20. The van der Waals surface area contributed by atoms with Crippen molar-refractivity contribution < 1.29 is 17.9 Å². The number of nitrogens with one attached hydrogen (secondary N) is 2. The molecule has 0 aliphatic carbocycles. The number of rotatable bonds is 8. The number of hydrogen-bond donors (Lipinski definition) is 2. The van der Waals surface area contributed by atoms with Crippen LogP contribution in [0.15, 0.2) is 47.4 Å². The van der Waals surface area contributed by atoms with Crippen LogP contribution in [0.2, 0.25) is 0 Å². The summed E-state index contributed by atoms with van der Waals surface area (Å²) in [6, 6.07) is 12.3. The molecule has 3 rings (SSSR count). The van der Waals surface area contributed by atoms with Gasteiger partial charge in [-0.2, -0.15) is 4.31 Å². The number of benzene rings is 2. The molecule has 0 saturated carbocycles. The summed E-state index contributed by atoms with van der Waals surface area (Å²) < 4.78 is 32.9. The molecule has 1 heterocycles. The van der Waals surface area contributed by atoms with Crippen LogP contribution in [0.1, 0.15) is 26.3 Å². The summed E-state index contributed by atoms with van der Waals surface area (Å²) in [6.07, 6.45) is -0.166. The summed E-state index contributed by atoms with van der Waals surface area (Å²) in [7, 11) is -3.63. The Hall–Kier alpha value is -2.58. The van der Waals surface area contributed by atoms with Gasteiger partial charge in [0, 0.05) is 26.1 Å². The normalized spacial score (nSPS) is 15.7. The smallest absolute Gasteiger partial charge is 0.265 e. The third-order valence-electron chi connectivity index (χ3n) is 4.90. The Morgan fingerprint density at radius 3 is 2.48 bits per heavy atom. The number of amides is 1. The maximum absolute atomic E-state index is 12.9. The van der Waals surface area contributed by atoms with Crippen LogP contribution < -0.4 is 15.4 Å². The highest BCUT2D eigenvalue weighted by atomic mass is 32.2. The molecule has 156 valence electrons. The Morgan fingerprint density at radius 1 is 1.10 bits per heavy atom. The van der Waals surface area contributed by atoms with E-state index in [9.17, 15) is 13.2 Å². The standard InChI is InChI=1S/C21H27N3O4S/c1-4-22-17-12-11-16(29(26,27)24(5-2)6-3)14-18(17)23-21(25)20-13-15-9-7-8-10-19(15)28-20/h7-12,14,20,22H,4-6,13H2,1-3H3,(H,23,25)/t20-/m0/s1. The Bertz CT molecular complexity index is 962. The quantitative estimate of drug-likeness (QED) is 0.689. The molecule has 2 N–H and O–H groups in total. The summed E-state index contributed by atoms with van der Waals surface area (Å²) in [5, 5.41) is 6.01. The molecule has 0 fully saturated rings. The van der Waals surface area contributed by atoms with E-state index < -0.39 is 16.1 Å². The van der Waals surface area contributed by atoms with Crippen molar-refractivity contribution >= 4 is 27.3 Å². The van der Waals surface area contributed by atoms with Crippen LogP contribution >= 0.6 is 0 Å². The number of carbonyl (C=O) groups is 1. The Balaban J connectivity index is 1.86. The van der Waals surface area contributed by atoms with Crippen molar-refractivity contribution in [3.63, 3.8) is 0 Å². The fourth-order valence-electron chi connectivity index (χ4n) is 3.39. The number of carbonyl (C=O) groups excluding carboxylic acids is 1. The third-order valence-corrected chi connectivity index (χ3v) is 6.94. The molecule has 0 bridgehead atoms. The average molecular weight is 418 g/mol. The molecule has 1 aliphatic heterocycles. The number of fused-ring (bicyclic) bond motifs is 1. The fraction of sp³-hybridized carbons (Fsp3) is 0.381. The van der Waals surface area contributed by atoms with E-state index in [-0.39, 0.29) is 10.8 Å². The van der Waals surface area contributed by atoms with Gasteiger partial charge in [-0.3, -0.25) is 4.79 Å². The van der Waals surface area contributed by atoms with Crippen LogP contribution in [0, 0.1) is 0 Å². The van der Waals surface area contributed by atoms with E-state index in [0.29, 0.717) is 43.2 Å². The number of anilines is 2. The highest BCUT2D eigenvalue weighted by molar-refractivity contribution is 7.89. The van der Waals surface area contributed by atoms with Crippen LogP contribution in [0.25, 0.3) is 0 Å². The third kappa shape index (κ3) is 4.38. The van der Waals surface area contributed by atoms with E-state index in [1.165, 1.54) is 10.4 Å². The zero-order valence-electron chi connectivity index (χ0n) is 16.9. The molecule has 7 nitrogen and oxygen atoms in total. The van der Waals surface area contributed by atoms with Crippen molar-refractivity contribution in [2.45, 2.75) is 38.2 Å². The average Bonchev–Trinajstić information content (AvgIpc) is 3.14. The molecule has 2 aromatic carbocycles. The van der Waals surface area contributed by atoms with Crippen LogP contribution in [-0.4, -0.2) is 44.4 Å². The van der Waals surface area contributed by atoms with Gasteiger partial charge in [-0.05, 0) is 36.8 Å². The minimum Gasteiger partial charge on any atom is -0.480 e. The van der Waals surface area contributed by atoms with E-state index in [1.54, 1.807) is 26.0 Å². The van der Waals surface area contributed by atoms with Gasteiger partial charge in [0.15, 0.2) is 6.10 Å². The molecule has 1 amide bonds. The molecule has 1 atom stereocenters. The minimum atomic E-state index is -3.63. The Kier molecular flexibility index (Phi) is 6.44. The van der Waals surface area contributed by atoms with Gasteiger partial charge in [0.25, 0.3) is 5.91 Å². The molecule has 0 saturated heterocycles. The maximum atomic E-state index is 12.9. The van der Waals surface area contributed by atoms with E-state index in [0.717, 1.165) is 5.56 Å². The first-order valence-electron chi connectivity index (χ1n) is 9.84. The van der Waals surface area contributed by atoms with Gasteiger partial charge in [0.1, 0.15) is 5.75 Å². The van der Waals surface area contributed by atoms with Gasteiger partial charge in [-0.25, -0.2) is 8.42 Å². The van der Waals surface area contributed by atoms with Gasteiger partial charge in [-0.1, -0.05) is 32.0 Å². The second kappa shape index (κ2) is 8.84. The van der Waals surface area contributed by atoms with E-state index in [1.807, 2.05) is 31.2 Å². The van der Waals surface area contributed by atoms with Gasteiger partial charge in [-0.15, -0.1) is 0 Å². The molecular formula is C21H27N3O4S. The number of nitrogens with zero attached hydrogens (tertiary/aromatic N) is 1. The summed E-state index contributed by atoms with van der Waals surface area (Å²) >= 11 is 0. The summed E-state index contributed by atoms with van der Waals surface area (Å²) in [5.74, 6) is 0.398. The summed E-state index contributed by atoms with van der Waals surface area (Å²) in [6.45, 7) is 6.92. The topological polar surface area (TPSA) is 87.7 Å². The van der Waals surface area contributed by atoms with Crippen LogP contribution in [0.4, 0.5) is 11.4 Å². The predicted molar refractivity (Wildman–Crippen MR) is 114 cm³/mol. The van der Waals surface area contributed by atoms with Gasteiger partial charge in [0.05, 0.1) is 16.3 Å². The molecule has 29 heavy (non-hydrogen) atoms. The number of ether oxygens (including phenoxy) is 1. The number of sulfonamides is 1. The van der Waals surface area contributed by atoms with Crippen LogP contribution in [0.5, 0.6) is 5.75 Å². The second-order valence-corrected chi connectivity index (χ2v) is 8.67. The Labute approximate surface area is 172 Å². The van der Waals surface area contributed by atoms with E-state index in [2.05, 4.69) is 10.6 Å². The molecule has 1 aliphatic rings. The van der Waals surface area contributed by atoms with E-state index in [4.69, 9.17) is 4.74 Å². The van der Waals surface area contributed by atoms with Crippen molar-refractivity contribution in [3.8, 4) is 5.75 Å².